The number of nitrogens with one attached hydrogen (secondary N) is 1. The van der Waals surface area contributed by atoms with Crippen molar-refractivity contribution in [2.45, 2.75) is 39.5 Å². The average molecular weight is 303 g/mol. The SMILES string of the molecule is CCC(C)(C)c1cc(Nc2ccc(C)cc2)c2ccccc2c1. The third-order valence-electron chi connectivity index (χ3n) is 4.86. The average Bonchev–Trinajstić information content (AvgIpc) is 2.57. The minimum Gasteiger partial charge on any atom is -0.355 e. The van der Waals surface area contributed by atoms with Gasteiger partial charge < -0.3 is 5.32 Å². The summed E-state index contributed by atoms with van der Waals surface area (Å²) in [6.07, 6.45) is 1.12. The number of benzene rings is 3. The lowest BCUT2D eigenvalue weighted by Gasteiger charge is -2.25. The minimum absolute atomic E-state index is 0.174. The van der Waals surface area contributed by atoms with Crippen LogP contribution in [0.25, 0.3) is 10.8 Å². The number of anilines is 2. The van der Waals surface area contributed by atoms with Crippen molar-refractivity contribution in [3.05, 3.63) is 71.8 Å². The van der Waals surface area contributed by atoms with Crippen molar-refractivity contribution in [3.63, 3.8) is 0 Å². The van der Waals surface area contributed by atoms with E-state index in [1.165, 1.54) is 27.6 Å². The molecule has 1 heteroatoms. The lowest BCUT2D eigenvalue weighted by Crippen LogP contribution is -2.15. The van der Waals surface area contributed by atoms with Crippen molar-refractivity contribution in [2.75, 3.05) is 5.32 Å². The fourth-order valence-electron chi connectivity index (χ4n) is 2.80. The van der Waals surface area contributed by atoms with E-state index in [0.717, 1.165) is 12.1 Å². The molecule has 0 aromatic heterocycles. The van der Waals surface area contributed by atoms with Gasteiger partial charge in [-0.15, -0.1) is 0 Å². The van der Waals surface area contributed by atoms with Gasteiger partial charge in [-0.25, -0.2) is 0 Å². The first-order valence-corrected chi connectivity index (χ1v) is 8.36. The molecular weight excluding hydrogens is 278 g/mol. The summed E-state index contributed by atoms with van der Waals surface area (Å²) in [4.78, 5) is 0. The highest BCUT2D eigenvalue weighted by atomic mass is 14.9. The van der Waals surface area contributed by atoms with Crippen LogP contribution in [0.2, 0.25) is 0 Å². The van der Waals surface area contributed by atoms with E-state index in [-0.39, 0.29) is 5.41 Å². The summed E-state index contributed by atoms with van der Waals surface area (Å²) in [7, 11) is 0. The van der Waals surface area contributed by atoms with Crippen molar-refractivity contribution in [3.8, 4) is 0 Å². The summed E-state index contributed by atoms with van der Waals surface area (Å²) in [5.74, 6) is 0. The second-order valence-electron chi connectivity index (χ2n) is 6.97. The molecule has 0 amide bonds. The van der Waals surface area contributed by atoms with Gasteiger partial charge >= 0.3 is 0 Å². The van der Waals surface area contributed by atoms with E-state index in [2.05, 4.69) is 93.7 Å². The molecule has 0 aliphatic carbocycles. The van der Waals surface area contributed by atoms with Gasteiger partial charge in [0.25, 0.3) is 0 Å². The fourth-order valence-corrected chi connectivity index (χ4v) is 2.80. The van der Waals surface area contributed by atoms with Crippen molar-refractivity contribution in [1.82, 2.24) is 0 Å². The van der Waals surface area contributed by atoms with Crippen molar-refractivity contribution >= 4 is 22.1 Å². The van der Waals surface area contributed by atoms with Gasteiger partial charge in [-0.3, -0.25) is 0 Å². The Morgan fingerprint density at radius 1 is 0.913 bits per heavy atom. The minimum atomic E-state index is 0.174. The van der Waals surface area contributed by atoms with Crippen LogP contribution in [0.4, 0.5) is 11.4 Å². The van der Waals surface area contributed by atoms with Gasteiger partial charge in [0.05, 0.1) is 0 Å². The molecule has 0 saturated carbocycles. The summed E-state index contributed by atoms with van der Waals surface area (Å²) in [5, 5.41) is 6.17. The smallest absolute Gasteiger partial charge is 0.0466 e. The van der Waals surface area contributed by atoms with Crippen molar-refractivity contribution < 1.29 is 0 Å². The third kappa shape index (κ3) is 3.24. The van der Waals surface area contributed by atoms with E-state index in [1.807, 2.05) is 0 Å². The summed E-state index contributed by atoms with van der Waals surface area (Å²) >= 11 is 0. The van der Waals surface area contributed by atoms with Gasteiger partial charge in [0, 0.05) is 16.8 Å². The first kappa shape index (κ1) is 15.6. The van der Waals surface area contributed by atoms with Crippen LogP contribution in [0.5, 0.6) is 0 Å². The zero-order valence-corrected chi connectivity index (χ0v) is 14.5. The molecule has 3 rings (SSSR count). The fraction of sp³-hybridized carbons (Fsp3) is 0.273. The quantitative estimate of drug-likeness (QED) is 0.574. The van der Waals surface area contributed by atoms with E-state index >= 15 is 0 Å². The Labute approximate surface area is 139 Å². The van der Waals surface area contributed by atoms with Crippen LogP contribution in [-0.4, -0.2) is 0 Å². The van der Waals surface area contributed by atoms with E-state index in [4.69, 9.17) is 0 Å². The number of fused-ring (bicyclic) bond motifs is 1. The Balaban J connectivity index is 2.11. The molecular formula is C22H25N. The summed E-state index contributed by atoms with van der Waals surface area (Å²) < 4.78 is 0. The predicted octanol–water partition coefficient (Wildman–Crippen LogP) is 6.58. The highest BCUT2D eigenvalue weighted by Crippen LogP contribution is 2.35. The largest absolute Gasteiger partial charge is 0.355 e. The lowest BCUT2D eigenvalue weighted by molar-refractivity contribution is 0.507. The monoisotopic (exact) mass is 303 g/mol. The Hall–Kier alpha value is -2.28. The molecule has 0 unspecified atom stereocenters. The normalized spacial score (nSPS) is 11.7. The van der Waals surface area contributed by atoms with E-state index in [1.54, 1.807) is 0 Å². The van der Waals surface area contributed by atoms with E-state index in [9.17, 15) is 0 Å². The molecule has 0 saturated heterocycles. The molecule has 0 bridgehead atoms. The molecule has 0 aliphatic heterocycles. The molecule has 0 atom stereocenters. The van der Waals surface area contributed by atoms with Crippen LogP contribution in [-0.2, 0) is 5.41 Å². The first-order chi connectivity index (χ1) is 11.0. The van der Waals surface area contributed by atoms with Crippen LogP contribution in [0.1, 0.15) is 38.3 Å². The number of hydrogen-bond acceptors (Lipinski definition) is 1. The molecule has 0 radical (unpaired) electrons. The summed E-state index contributed by atoms with van der Waals surface area (Å²) in [6, 6.07) is 21.8. The van der Waals surface area contributed by atoms with Gasteiger partial charge in [0.2, 0.25) is 0 Å². The third-order valence-corrected chi connectivity index (χ3v) is 4.86. The maximum absolute atomic E-state index is 3.61. The molecule has 3 aromatic carbocycles. The lowest BCUT2D eigenvalue weighted by atomic mass is 9.81. The molecule has 1 nitrogen and oxygen atoms in total. The second kappa shape index (κ2) is 6.08. The topological polar surface area (TPSA) is 12.0 Å². The molecule has 0 fully saturated rings. The van der Waals surface area contributed by atoms with Gasteiger partial charge in [0.15, 0.2) is 0 Å². The Morgan fingerprint density at radius 2 is 1.61 bits per heavy atom. The Bertz CT molecular complexity index is 813. The molecule has 118 valence electrons. The van der Waals surface area contributed by atoms with Crippen LogP contribution >= 0.6 is 0 Å². The maximum atomic E-state index is 3.61. The van der Waals surface area contributed by atoms with Crippen LogP contribution in [0.15, 0.2) is 60.7 Å². The second-order valence-corrected chi connectivity index (χ2v) is 6.97. The predicted molar refractivity (Wildman–Crippen MR) is 102 cm³/mol. The molecule has 0 aliphatic rings. The molecule has 23 heavy (non-hydrogen) atoms. The van der Waals surface area contributed by atoms with Gasteiger partial charge in [-0.1, -0.05) is 68.8 Å². The van der Waals surface area contributed by atoms with Gasteiger partial charge in [-0.05, 0) is 47.9 Å². The van der Waals surface area contributed by atoms with Crippen LogP contribution in [0, 0.1) is 6.92 Å². The molecule has 3 aromatic rings. The van der Waals surface area contributed by atoms with Crippen molar-refractivity contribution in [1.29, 1.82) is 0 Å². The van der Waals surface area contributed by atoms with Crippen LogP contribution < -0.4 is 5.32 Å². The van der Waals surface area contributed by atoms with Crippen LogP contribution in [0.3, 0.4) is 0 Å². The molecule has 0 heterocycles. The zero-order chi connectivity index (χ0) is 16.4. The highest BCUT2D eigenvalue weighted by Gasteiger charge is 2.19. The summed E-state index contributed by atoms with van der Waals surface area (Å²) in [6.45, 7) is 8.99. The first-order valence-electron chi connectivity index (χ1n) is 8.36. The molecule has 1 N–H and O–H groups in total. The summed E-state index contributed by atoms with van der Waals surface area (Å²) in [5.41, 5.74) is 5.15. The van der Waals surface area contributed by atoms with E-state index < -0.39 is 0 Å². The number of hydrogen-bond donors (Lipinski definition) is 1. The zero-order valence-electron chi connectivity index (χ0n) is 14.5. The van der Waals surface area contributed by atoms with Gasteiger partial charge in [0.1, 0.15) is 0 Å². The Morgan fingerprint density at radius 3 is 2.30 bits per heavy atom. The maximum Gasteiger partial charge on any atom is 0.0466 e. The molecule has 0 spiro atoms. The van der Waals surface area contributed by atoms with E-state index in [0.29, 0.717) is 0 Å². The number of rotatable bonds is 4. The Kier molecular flexibility index (Phi) is 4.12. The van der Waals surface area contributed by atoms with Gasteiger partial charge in [-0.2, -0.15) is 0 Å². The highest BCUT2D eigenvalue weighted by molar-refractivity contribution is 5.96. The van der Waals surface area contributed by atoms with Crippen molar-refractivity contribution in [2.24, 2.45) is 0 Å². The number of aryl methyl sites for hydroxylation is 1. The standard InChI is InChI=1S/C22H25N/c1-5-22(3,4)18-14-17-8-6-7-9-20(17)21(15-18)23-19-12-10-16(2)11-13-19/h6-15,23H,5H2,1-4H3.